The Labute approximate surface area is 119 Å². The van der Waals surface area contributed by atoms with E-state index in [1.807, 2.05) is 0 Å². The van der Waals surface area contributed by atoms with Gasteiger partial charge in [0.25, 0.3) is 0 Å². The van der Waals surface area contributed by atoms with Crippen molar-refractivity contribution in [2.24, 2.45) is 5.92 Å². The monoisotopic (exact) mass is 268 g/mol. The Bertz CT molecular complexity index is 241. The first-order valence-corrected chi connectivity index (χ1v) is 8.31. The van der Waals surface area contributed by atoms with Crippen LogP contribution in [-0.4, -0.2) is 49.8 Å². The van der Waals surface area contributed by atoms with Gasteiger partial charge in [-0.2, -0.15) is 0 Å². The van der Waals surface area contributed by atoms with E-state index < -0.39 is 0 Å². The van der Waals surface area contributed by atoms with Gasteiger partial charge in [0, 0.05) is 19.1 Å². The summed E-state index contributed by atoms with van der Waals surface area (Å²) < 4.78 is 6.06. The topological polar surface area (TPSA) is 24.5 Å². The zero-order valence-electron chi connectivity index (χ0n) is 12.9. The number of hydrogen-bond donors (Lipinski definition) is 1. The predicted octanol–water partition coefficient (Wildman–Crippen LogP) is 2.66. The second-order valence-corrected chi connectivity index (χ2v) is 6.63. The van der Waals surface area contributed by atoms with Crippen molar-refractivity contribution < 1.29 is 4.74 Å². The van der Waals surface area contributed by atoms with E-state index in [1.165, 1.54) is 51.6 Å². The molecule has 0 aromatic heterocycles. The van der Waals surface area contributed by atoms with Crippen LogP contribution in [-0.2, 0) is 4.74 Å². The Balaban J connectivity index is 1.65. The van der Waals surface area contributed by atoms with Crippen LogP contribution in [0.25, 0.3) is 0 Å². The largest absolute Gasteiger partial charge is 0.377 e. The standard InChI is InChI=1S/C16H32N2O/c1-14-12-17-15(2)8-9-18(13-14)10-11-19-16-6-4-3-5-7-16/h14-17H,3-13H2,1-2H3. The highest BCUT2D eigenvalue weighted by atomic mass is 16.5. The molecule has 1 saturated heterocycles. The van der Waals surface area contributed by atoms with Crippen molar-refractivity contribution in [1.82, 2.24) is 10.2 Å². The number of rotatable bonds is 4. The molecule has 2 fully saturated rings. The lowest BCUT2D eigenvalue weighted by Gasteiger charge is -2.31. The summed E-state index contributed by atoms with van der Waals surface area (Å²) in [5.41, 5.74) is 0. The molecule has 112 valence electrons. The minimum atomic E-state index is 0.557. The van der Waals surface area contributed by atoms with Crippen molar-refractivity contribution in [1.29, 1.82) is 0 Å². The fourth-order valence-electron chi connectivity index (χ4n) is 3.26. The SMILES string of the molecule is CC1CNC(C)CCN(CCOC2CCCCC2)C1. The molecule has 0 amide bonds. The van der Waals surface area contributed by atoms with E-state index in [4.69, 9.17) is 4.74 Å². The number of nitrogens with zero attached hydrogens (tertiary/aromatic N) is 1. The highest BCUT2D eigenvalue weighted by Gasteiger charge is 2.17. The van der Waals surface area contributed by atoms with Crippen LogP contribution in [0.4, 0.5) is 0 Å². The van der Waals surface area contributed by atoms with Crippen LogP contribution < -0.4 is 5.32 Å². The molecular formula is C16H32N2O. The minimum Gasteiger partial charge on any atom is -0.377 e. The van der Waals surface area contributed by atoms with Crippen molar-refractivity contribution >= 4 is 0 Å². The smallest absolute Gasteiger partial charge is 0.0597 e. The molecule has 2 unspecified atom stereocenters. The Morgan fingerprint density at radius 3 is 2.68 bits per heavy atom. The average Bonchev–Trinajstić information content (AvgIpc) is 2.42. The third kappa shape index (κ3) is 5.80. The van der Waals surface area contributed by atoms with Gasteiger partial charge in [0.2, 0.25) is 0 Å². The summed E-state index contributed by atoms with van der Waals surface area (Å²) in [5.74, 6) is 0.748. The van der Waals surface area contributed by atoms with E-state index in [-0.39, 0.29) is 0 Å². The first-order chi connectivity index (χ1) is 9.24. The maximum absolute atomic E-state index is 6.06. The van der Waals surface area contributed by atoms with Crippen molar-refractivity contribution in [2.75, 3.05) is 32.8 Å². The highest BCUT2D eigenvalue weighted by molar-refractivity contribution is 4.74. The van der Waals surface area contributed by atoms with Crippen LogP contribution in [0.2, 0.25) is 0 Å². The van der Waals surface area contributed by atoms with Gasteiger partial charge in [-0.1, -0.05) is 26.2 Å². The molecule has 1 saturated carbocycles. The van der Waals surface area contributed by atoms with E-state index in [1.54, 1.807) is 0 Å². The molecule has 1 aliphatic heterocycles. The molecule has 0 aromatic carbocycles. The lowest BCUT2D eigenvalue weighted by atomic mass is 9.98. The van der Waals surface area contributed by atoms with Crippen molar-refractivity contribution in [3.05, 3.63) is 0 Å². The van der Waals surface area contributed by atoms with Crippen molar-refractivity contribution in [2.45, 2.75) is 64.5 Å². The van der Waals surface area contributed by atoms with Gasteiger partial charge in [-0.3, -0.25) is 0 Å². The quantitative estimate of drug-likeness (QED) is 0.848. The third-order valence-corrected chi connectivity index (χ3v) is 4.58. The number of nitrogens with one attached hydrogen (secondary N) is 1. The third-order valence-electron chi connectivity index (χ3n) is 4.58. The maximum atomic E-state index is 6.06. The molecule has 1 aliphatic carbocycles. The Kier molecular flexibility index (Phi) is 6.62. The van der Waals surface area contributed by atoms with Crippen LogP contribution in [0.1, 0.15) is 52.4 Å². The predicted molar refractivity (Wildman–Crippen MR) is 80.5 cm³/mol. The molecule has 0 radical (unpaired) electrons. The summed E-state index contributed by atoms with van der Waals surface area (Å²) in [5, 5.41) is 3.60. The maximum Gasteiger partial charge on any atom is 0.0597 e. The van der Waals surface area contributed by atoms with Gasteiger partial charge in [-0.05, 0) is 45.2 Å². The summed E-state index contributed by atoms with van der Waals surface area (Å²) in [4.78, 5) is 2.60. The van der Waals surface area contributed by atoms with E-state index in [9.17, 15) is 0 Å². The number of hydrogen-bond acceptors (Lipinski definition) is 3. The van der Waals surface area contributed by atoms with Gasteiger partial charge < -0.3 is 15.0 Å². The second kappa shape index (κ2) is 8.23. The molecular weight excluding hydrogens is 236 g/mol. The van der Waals surface area contributed by atoms with E-state index in [0.717, 1.165) is 25.6 Å². The summed E-state index contributed by atoms with van der Waals surface area (Å²) in [6, 6.07) is 0.657. The van der Waals surface area contributed by atoms with Gasteiger partial charge in [0.05, 0.1) is 12.7 Å². The lowest BCUT2D eigenvalue weighted by molar-refractivity contribution is 0.0133. The summed E-state index contributed by atoms with van der Waals surface area (Å²) >= 11 is 0. The molecule has 2 aliphatic rings. The fraction of sp³-hybridized carbons (Fsp3) is 1.00. The molecule has 2 atom stereocenters. The Morgan fingerprint density at radius 1 is 1.11 bits per heavy atom. The Morgan fingerprint density at radius 2 is 1.89 bits per heavy atom. The zero-order valence-corrected chi connectivity index (χ0v) is 12.9. The fourth-order valence-corrected chi connectivity index (χ4v) is 3.26. The van der Waals surface area contributed by atoms with Gasteiger partial charge in [-0.15, -0.1) is 0 Å². The van der Waals surface area contributed by atoms with Gasteiger partial charge in [-0.25, -0.2) is 0 Å². The highest BCUT2D eigenvalue weighted by Crippen LogP contribution is 2.20. The molecule has 3 nitrogen and oxygen atoms in total. The zero-order chi connectivity index (χ0) is 13.5. The van der Waals surface area contributed by atoms with Gasteiger partial charge >= 0.3 is 0 Å². The van der Waals surface area contributed by atoms with E-state index in [2.05, 4.69) is 24.1 Å². The van der Waals surface area contributed by atoms with Crippen LogP contribution in [0, 0.1) is 5.92 Å². The molecule has 2 rings (SSSR count). The minimum absolute atomic E-state index is 0.557. The van der Waals surface area contributed by atoms with Crippen molar-refractivity contribution in [3.63, 3.8) is 0 Å². The molecule has 1 N–H and O–H groups in total. The second-order valence-electron chi connectivity index (χ2n) is 6.63. The van der Waals surface area contributed by atoms with Gasteiger partial charge in [0.15, 0.2) is 0 Å². The number of ether oxygens (including phenoxy) is 1. The average molecular weight is 268 g/mol. The van der Waals surface area contributed by atoms with Gasteiger partial charge in [0.1, 0.15) is 0 Å². The lowest BCUT2D eigenvalue weighted by Crippen LogP contribution is -2.43. The molecule has 3 heteroatoms. The normalized spacial score (nSPS) is 31.9. The molecule has 0 bridgehead atoms. The molecule has 19 heavy (non-hydrogen) atoms. The molecule has 1 heterocycles. The van der Waals surface area contributed by atoms with Crippen molar-refractivity contribution in [3.8, 4) is 0 Å². The summed E-state index contributed by atoms with van der Waals surface area (Å²) in [6.07, 6.45) is 8.55. The molecule has 0 aromatic rings. The first kappa shape index (κ1) is 15.3. The summed E-state index contributed by atoms with van der Waals surface area (Å²) in [7, 11) is 0. The Hall–Kier alpha value is -0.120. The first-order valence-electron chi connectivity index (χ1n) is 8.31. The van der Waals surface area contributed by atoms with E-state index in [0.29, 0.717) is 12.1 Å². The molecule has 0 spiro atoms. The van der Waals surface area contributed by atoms with Crippen LogP contribution in [0.5, 0.6) is 0 Å². The van der Waals surface area contributed by atoms with Crippen LogP contribution >= 0.6 is 0 Å². The van der Waals surface area contributed by atoms with Crippen LogP contribution in [0.15, 0.2) is 0 Å². The van der Waals surface area contributed by atoms with E-state index >= 15 is 0 Å². The van der Waals surface area contributed by atoms with Crippen LogP contribution in [0.3, 0.4) is 0 Å². The summed E-state index contributed by atoms with van der Waals surface area (Å²) in [6.45, 7) is 10.3.